The van der Waals surface area contributed by atoms with E-state index in [2.05, 4.69) is 17.9 Å². The maximum atomic E-state index is 11.9. The highest BCUT2D eigenvalue weighted by Gasteiger charge is 2.13. The zero-order valence-electron chi connectivity index (χ0n) is 13.6. The van der Waals surface area contributed by atoms with Gasteiger partial charge in [-0.05, 0) is 30.7 Å². The summed E-state index contributed by atoms with van der Waals surface area (Å²) in [7, 11) is 5.21. The maximum Gasteiger partial charge on any atom is 0.236 e. The van der Waals surface area contributed by atoms with Gasteiger partial charge in [-0.2, -0.15) is 0 Å². The zero-order valence-corrected chi connectivity index (χ0v) is 13.6. The van der Waals surface area contributed by atoms with E-state index in [1.807, 2.05) is 12.1 Å². The van der Waals surface area contributed by atoms with Crippen LogP contribution in [0.1, 0.15) is 24.5 Å². The van der Waals surface area contributed by atoms with Gasteiger partial charge in [0.2, 0.25) is 5.91 Å². The molecule has 0 spiro atoms. The summed E-state index contributed by atoms with van der Waals surface area (Å²) in [5.74, 6) is 0.934. The van der Waals surface area contributed by atoms with E-state index >= 15 is 0 Å². The fourth-order valence-corrected chi connectivity index (χ4v) is 2.21. The van der Waals surface area contributed by atoms with Crippen LogP contribution in [-0.2, 0) is 17.9 Å². The summed E-state index contributed by atoms with van der Waals surface area (Å²) >= 11 is 0. The van der Waals surface area contributed by atoms with Crippen molar-refractivity contribution in [2.75, 3.05) is 34.3 Å². The van der Waals surface area contributed by atoms with Gasteiger partial charge in [0.05, 0.1) is 13.7 Å². The van der Waals surface area contributed by atoms with Crippen molar-refractivity contribution in [1.29, 1.82) is 0 Å². The number of nitrogens with two attached hydrogens (primary N) is 1. The van der Waals surface area contributed by atoms with E-state index in [0.29, 0.717) is 13.1 Å². The third-order valence-electron chi connectivity index (χ3n) is 3.37. The predicted molar refractivity (Wildman–Crippen MR) is 85.1 cm³/mol. The molecule has 0 aliphatic carbocycles. The van der Waals surface area contributed by atoms with Crippen LogP contribution in [-0.4, -0.2) is 50.0 Å². The fraction of sp³-hybridized carbons (Fsp3) is 0.562. The van der Waals surface area contributed by atoms with Gasteiger partial charge in [-0.3, -0.25) is 9.69 Å². The minimum absolute atomic E-state index is 0.121. The SMILES string of the molecule is CCCN(CC(=O)N(C)C)Cc1ccc(OC)c(CN)c1. The van der Waals surface area contributed by atoms with Gasteiger partial charge >= 0.3 is 0 Å². The Labute approximate surface area is 127 Å². The van der Waals surface area contributed by atoms with Crippen molar-refractivity contribution in [1.82, 2.24) is 9.80 Å². The number of amides is 1. The quantitative estimate of drug-likeness (QED) is 0.788. The number of hydrogen-bond acceptors (Lipinski definition) is 4. The molecule has 0 radical (unpaired) electrons. The molecule has 0 saturated carbocycles. The Morgan fingerprint density at radius 2 is 2.05 bits per heavy atom. The fourth-order valence-electron chi connectivity index (χ4n) is 2.21. The van der Waals surface area contributed by atoms with Crippen molar-refractivity contribution in [2.24, 2.45) is 5.73 Å². The first-order valence-electron chi connectivity index (χ1n) is 7.30. The second-order valence-electron chi connectivity index (χ2n) is 5.35. The van der Waals surface area contributed by atoms with Gasteiger partial charge in [0, 0.05) is 32.7 Å². The highest BCUT2D eigenvalue weighted by atomic mass is 16.5. The number of methoxy groups -OCH3 is 1. The van der Waals surface area contributed by atoms with Crippen molar-refractivity contribution < 1.29 is 9.53 Å². The molecule has 0 heterocycles. The lowest BCUT2D eigenvalue weighted by Gasteiger charge is -2.23. The average molecular weight is 293 g/mol. The number of hydrogen-bond donors (Lipinski definition) is 1. The van der Waals surface area contributed by atoms with Gasteiger partial charge in [-0.25, -0.2) is 0 Å². The van der Waals surface area contributed by atoms with Gasteiger partial charge < -0.3 is 15.4 Å². The number of ether oxygens (including phenoxy) is 1. The Balaban J connectivity index is 2.81. The van der Waals surface area contributed by atoms with E-state index in [9.17, 15) is 4.79 Å². The topological polar surface area (TPSA) is 58.8 Å². The molecule has 1 aromatic carbocycles. The maximum absolute atomic E-state index is 11.9. The second kappa shape index (κ2) is 8.64. The van der Waals surface area contributed by atoms with E-state index in [-0.39, 0.29) is 5.91 Å². The summed E-state index contributed by atoms with van der Waals surface area (Å²) in [6.45, 7) is 4.63. The van der Waals surface area contributed by atoms with Crippen LogP contribution >= 0.6 is 0 Å². The summed E-state index contributed by atoms with van der Waals surface area (Å²) in [5, 5.41) is 0. The summed E-state index contributed by atoms with van der Waals surface area (Å²) in [6.07, 6.45) is 1.01. The Bertz CT molecular complexity index is 461. The van der Waals surface area contributed by atoms with Gasteiger partial charge in [-0.1, -0.05) is 13.0 Å². The number of benzene rings is 1. The molecule has 1 rings (SSSR count). The minimum Gasteiger partial charge on any atom is -0.496 e. The monoisotopic (exact) mass is 293 g/mol. The van der Waals surface area contributed by atoms with Crippen LogP contribution in [0.15, 0.2) is 18.2 Å². The number of rotatable bonds is 8. The Kier molecular flexibility index (Phi) is 7.19. The molecule has 0 unspecified atom stereocenters. The highest BCUT2D eigenvalue weighted by Crippen LogP contribution is 2.20. The van der Waals surface area contributed by atoms with E-state index in [4.69, 9.17) is 10.5 Å². The van der Waals surface area contributed by atoms with Crippen molar-refractivity contribution in [3.63, 3.8) is 0 Å². The van der Waals surface area contributed by atoms with Crippen LogP contribution in [0.5, 0.6) is 5.75 Å². The third-order valence-corrected chi connectivity index (χ3v) is 3.37. The molecule has 0 aromatic heterocycles. The summed E-state index contributed by atoms with van der Waals surface area (Å²) in [5.41, 5.74) is 7.89. The number of likely N-dealkylation sites (N-methyl/N-ethyl adjacent to an activating group) is 1. The van der Waals surface area contributed by atoms with Crippen LogP contribution in [0.2, 0.25) is 0 Å². The van der Waals surface area contributed by atoms with Crippen molar-refractivity contribution in [3.8, 4) is 5.75 Å². The first kappa shape index (κ1) is 17.5. The standard InChI is InChI=1S/C16H27N3O2/c1-5-8-19(12-16(20)18(2)3)11-13-6-7-15(21-4)14(9-13)10-17/h6-7,9H,5,8,10-12,17H2,1-4H3. The number of carbonyl (C=O) groups is 1. The molecule has 0 saturated heterocycles. The van der Waals surface area contributed by atoms with Gasteiger partial charge in [-0.15, -0.1) is 0 Å². The molecule has 0 atom stereocenters. The second-order valence-corrected chi connectivity index (χ2v) is 5.35. The molecular weight excluding hydrogens is 266 g/mol. The summed E-state index contributed by atoms with van der Waals surface area (Å²) < 4.78 is 5.29. The van der Waals surface area contributed by atoms with Crippen LogP contribution in [0, 0.1) is 0 Å². The van der Waals surface area contributed by atoms with Gasteiger partial charge in [0.25, 0.3) is 0 Å². The Hall–Kier alpha value is -1.59. The molecule has 0 aliphatic heterocycles. The smallest absolute Gasteiger partial charge is 0.236 e. The van der Waals surface area contributed by atoms with E-state index in [1.165, 1.54) is 0 Å². The Morgan fingerprint density at radius 1 is 1.33 bits per heavy atom. The molecule has 118 valence electrons. The van der Waals surface area contributed by atoms with E-state index < -0.39 is 0 Å². The van der Waals surface area contributed by atoms with Crippen molar-refractivity contribution >= 4 is 5.91 Å². The van der Waals surface area contributed by atoms with Gasteiger partial charge in [0.15, 0.2) is 0 Å². The van der Waals surface area contributed by atoms with Crippen LogP contribution in [0.25, 0.3) is 0 Å². The van der Waals surface area contributed by atoms with Crippen LogP contribution < -0.4 is 10.5 Å². The molecule has 1 aromatic rings. The number of nitrogens with zero attached hydrogens (tertiary/aromatic N) is 2. The zero-order chi connectivity index (χ0) is 15.8. The molecular formula is C16H27N3O2. The molecule has 5 heteroatoms. The summed E-state index contributed by atoms with van der Waals surface area (Å²) in [4.78, 5) is 15.7. The molecule has 5 nitrogen and oxygen atoms in total. The minimum atomic E-state index is 0.121. The molecule has 2 N–H and O–H groups in total. The molecule has 21 heavy (non-hydrogen) atoms. The largest absolute Gasteiger partial charge is 0.496 e. The highest BCUT2D eigenvalue weighted by molar-refractivity contribution is 5.77. The third kappa shape index (κ3) is 5.36. The molecule has 0 aliphatic rings. The van der Waals surface area contributed by atoms with E-state index in [1.54, 1.807) is 26.1 Å². The summed E-state index contributed by atoms with van der Waals surface area (Å²) in [6, 6.07) is 6.03. The van der Waals surface area contributed by atoms with Crippen LogP contribution in [0.3, 0.4) is 0 Å². The Morgan fingerprint density at radius 3 is 2.57 bits per heavy atom. The predicted octanol–water partition coefficient (Wildman–Crippen LogP) is 1.45. The van der Waals surface area contributed by atoms with E-state index in [0.717, 1.165) is 36.4 Å². The lowest BCUT2D eigenvalue weighted by molar-refractivity contribution is -0.130. The average Bonchev–Trinajstić information content (AvgIpc) is 2.47. The van der Waals surface area contributed by atoms with Crippen molar-refractivity contribution in [2.45, 2.75) is 26.4 Å². The van der Waals surface area contributed by atoms with Crippen LogP contribution in [0.4, 0.5) is 0 Å². The van der Waals surface area contributed by atoms with Gasteiger partial charge in [0.1, 0.15) is 5.75 Å². The number of carbonyl (C=O) groups excluding carboxylic acids is 1. The normalized spacial score (nSPS) is 10.8. The molecule has 0 bridgehead atoms. The lowest BCUT2D eigenvalue weighted by atomic mass is 10.1. The first-order chi connectivity index (χ1) is 10.0. The van der Waals surface area contributed by atoms with Crippen molar-refractivity contribution in [3.05, 3.63) is 29.3 Å². The molecule has 1 amide bonds. The molecule has 0 fully saturated rings. The lowest BCUT2D eigenvalue weighted by Crippen LogP contribution is -2.36. The first-order valence-corrected chi connectivity index (χ1v) is 7.30.